The average Bonchev–Trinajstić information content (AvgIpc) is 3.17. The van der Waals surface area contributed by atoms with Gasteiger partial charge in [0.1, 0.15) is 0 Å². The largest absolute Gasteiger partial charge is 0.306 e. The lowest BCUT2D eigenvalue weighted by Gasteiger charge is -2.13. The third-order valence-corrected chi connectivity index (χ3v) is 5.81. The molecule has 0 aliphatic rings. The van der Waals surface area contributed by atoms with Crippen molar-refractivity contribution in [1.29, 1.82) is 0 Å². The first-order valence-corrected chi connectivity index (χ1v) is 9.57. The quantitative estimate of drug-likeness (QED) is 0.666. The molecule has 120 valence electrons. The number of thiophene rings is 1. The highest BCUT2D eigenvalue weighted by Gasteiger charge is 2.17. The molecule has 2 aromatic heterocycles. The predicted octanol–water partition coefficient (Wildman–Crippen LogP) is 5.46. The van der Waals surface area contributed by atoms with Crippen LogP contribution in [-0.4, -0.2) is 4.98 Å². The number of benzene rings is 1. The SMILES string of the molecule is CC(C)(C)c1nc(CNCc2cc(-c3ccccc3)cs2)cs1. The first-order valence-electron chi connectivity index (χ1n) is 7.81. The van der Waals surface area contributed by atoms with Crippen LogP contribution >= 0.6 is 22.7 Å². The summed E-state index contributed by atoms with van der Waals surface area (Å²) >= 11 is 3.56. The molecule has 0 atom stereocenters. The predicted molar refractivity (Wildman–Crippen MR) is 101 cm³/mol. The van der Waals surface area contributed by atoms with Gasteiger partial charge in [0.05, 0.1) is 10.7 Å². The minimum atomic E-state index is 0.140. The van der Waals surface area contributed by atoms with Crippen molar-refractivity contribution in [2.75, 3.05) is 0 Å². The minimum absolute atomic E-state index is 0.140. The Morgan fingerprint density at radius 1 is 0.957 bits per heavy atom. The molecular weight excluding hydrogens is 320 g/mol. The van der Waals surface area contributed by atoms with Crippen LogP contribution in [0.4, 0.5) is 0 Å². The van der Waals surface area contributed by atoms with Crippen LogP contribution in [0.3, 0.4) is 0 Å². The maximum absolute atomic E-state index is 4.72. The fourth-order valence-electron chi connectivity index (χ4n) is 2.30. The Kier molecular flexibility index (Phi) is 4.95. The second-order valence-corrected chi connectivity index (χ2v) is 8.52. The molecular formula is C19H22N2S2. The van der Waals surface area contributed by atoms with E-state index >= 15 is 0 Å². The molecule has 1 N–H and O–H groups in total. The molecule has 0 bridgehead atoms. The molecule has 4 heteroatoms. The van der Waals surface area contributed by atoms with Crippen molar-refractivity contribution >= 4 is 22.7 Å². The highest BCUT2D eigenvalue weighted by atomic mass is 32.1. The van der Waals surface area contributed by atoms with Crippen molar-refractivity contribution in [3.05, 3.63) is 62.7 Å². The van der Waals surface area contributed by atoms with Gasteiger partial charge in [0.2, 0.25) is 0 Å². The van der Waals surface area contributed by atoms with Crippen molar-refractivity contribution in [2.45, 2.75) is 39.3 Å². The molecule has 23 heavy (non-hydrogen) atoms. The number of nitrogens with one attached hydrogen (secondary N) is 1. The van der Waals surface area contributed by atoms with Crippen molar-refractivity contribution < 1.29 is 0 Å². The standard InChI is InChI=1S/C19H22N2S2/c1-19(2,3)18-21-16(13-23-18)10-20-11-17-9-15(12-22-17)14-7-5-4-6-8-14/h4-9,12-13,20H,10-11H2,1-3H3. The summed E-state index contributed by atoms with van der Waals surface area (Å²) in [6.45, 7) is 8.34. The maximum Gasteiger partial charge on any atom is 0.0982 e. The second-order valence-electron chi connectivity index (χ2n) is 6.67. The van der Waals surface area contributed by atoms with E-state index in [0.717, 1.165) is 18.8 Å². The molecule has 2 heterocycles. The third-order valence-electron chi connectivity index (χ3n) is 3.56. The number of hydrogen-bond acceptors (Lipinski definition) is 4. The number of hydrogen-bond donors (Lipinski definition) is 1. The lowest BCUT2D eigenvalue weighted by atomic mass is 9.98. The van der Waals surface area contributed by atoms with Crippen molar-refractivity contribution in [2.24, 2.45) is 0 Å². The fraction of sp³-hybridized carbons (Fsp3) is 0.316. The van der Waals surface area contributed by atoms with Gasteiger partial charge in [-0.25, -0.2) is 4.98 Å². The van der Waals surface area contributed by atoms with Crippen LogP contribution in [0.25, 0.3) is 11.1 Å². The van der Waals surface area contributed by atoms with Gasteiger partial charge in [-0.2, -0.15) is 0 Å². The zero-order valence-corrected chi connectivity index (χ0v) is 15.4. The van der Waals surface area contributed by atoms with E-state index in [4.69, 9.17) is 4.98 Å². The summed E-state index contributed by atoms with van der Waals surface area (Å²) in [6, 6.07) is 12.8. The number of nitrogens with zero attached hydrogens (tertiary/aromatic N) is 1. The number of rotatable bonds is 5. The Morgan fingerprint density at radius 3 is 2.43 bits per heavy atom. The summed E-state index contributed by atoms with van der Waals surface area (Å²) in [7, 11) is 0. The Hall–Kier alpha value is -1.49. The summed E-state index contributed by atoms with van der Waals surface area (Å²) in [6.07, 6.45) is 0. The molecule has 0 spiro atoms. The Bertz CT molecular complexity index is 751. The summed E-state index contributed by atoms with van der Waals surface area (Å²) in [4.78, 5) is 6.08. The van der Waals surface area contributed by atoms with Crippen LogP contribution in [0.5, 0.6) is 0 Å². The monoisotopic (exact) mass is 342 g/mol. The van der Waals surface area contributed by atoms with E-state index in [0.29, 0.717) is 0 Å². The highest BCUT2D eigenvalue weighted by molar-refractivity contribution is 7.10. The first-order chi connectivity index (χ1) is 11.0. The molecule has 0 saturated carbocycles. The van der Waals surface area contributed by atoms with E-state index in [2.05, 4.69) is 73.2 Å². The van der Waals surface area contributed by atoms with E-state index in [1.54, 1.807) is 11.3 Å². The summed E-state index contributed by atoms with van der Waals surface area (Å²) in [5.41, 5.74) is 3.86. The number of thiazole rings is 1. The fourth-order valence-corrected chi connectivity index (χ4v) is 4.07. The van der Waals surface area contributed by atoms with Gasteiger partial charge in [-0.3, -0.25) is 0 Å². The molecule has 0 aliphatic carbocycles. The Morgan fingerprint density at radius 2 is 1.74 bits per heavy atom. The molecule has 2 nitrogen and oxygen atoms in total. The van der Waals surface area contributed by atoms with Gasteiger partial charge in [-0.05, 0) is 22.6 Å². The first kappa shape index (κ1) is 16.4. The third kappa shape index (κ3) is 4.28. The van der Waals surface area contributed by atoms with Gasteiger partial charge < -0.3 is 5.32 Å². The lowest BCUT2D eigenvalue weighted by molar-refractivity contribution is 0.579. The average molecular weight is 343 g/mol. The maximum atomic E-state index is 4.72. The van der Waals surface area contributed by atoms with Gasteiger partial charge in [0.15, 0.2) is 0 Å². The zero-order chi connectivity index (χ0) is 16.3. The van der Waals surface area contributed by atoms with Crippen LogP contribution in [0.15, 0.2) is 47.2 Å². The molecule has 0 aliphatic heterocycles. The van der Waals surface area contributed by atoms with E-state index in [9.17, 15) is 0 Å². The van der Waals surface area contributed by atoms with Gasteiger partial charge in [-0.15, -0.1) is 22.7 Å². The van der Waals surface area contributed by atoms with Crippen LogP contribution < -0.4 is 5.32 Å². The van der Waals surface area contributed by atoms with Crippen LogP contribution in [0.1, 0.15) is 36.3 Å². The lowest BCUT2D eigenvalue weighted by Crippen LogP contribution is -2.14. The number of aromatic nitrogens is 1. The van der Waals surface area contributed by atoms with Gasteiger partial charge in [-0.1, -0.05) is 51.1 Å². The van der Waals surface area contributed by atoms with Gasteiger partial charge in [0, 0.05) is 28.8 Å². The summed E-state index contributed by atoms with van der Waals surface area (Å²) < 4.78 is 0. The Balaban J connectivity index is 1.55. The zero-order valence-electron chi connectivity index (χ0n) is 13.8. The van der Waals surface area contributed by atoms with Crippen molar-refractivity contribution in [3.63, 3.8) is 0 Å². The molecule has 0 unspecified atom stereocenters. The minimum Gasteiger partial charge on any atom is -0.306 e. The molecule has 0 amide bonds. The molecule has 0 saturated heterocycles. The van der Waals surface area contributed by atoms with E-state index in [1.165, 1.54) is 21.0 Å². The molecule has 0 fully saturated rings. The summed E-state index contributed by atoms with van der Waals surface area (Å²) in [5.74, 6) is 0. The van der Waals surface area contributed by atoms with Crippen molar-refractivity contribution in [3.8, 4) is 11.1 Å². The van der Waals surface area contributed by atoms with Crippen LogP contribution in [-0.2, 0) is 18.5 Å². The van der Waals surface area contributed by atoms with E-state index < -0.39 is 0 Å². The second kappa shape index (κ2) is 6.95. The van der Waals surface area contributed by atoms with Crippen LogP contribution in [0, 0.1) is 0 Å². The smallest absolute Gasteiger partial charge is 0.0982 e. The van der Waals surface area contributed by atoms with Gasteiger partial charge >= 0.3 is 0 Å². The molecule has 0 radical (unpaired) electrons. The van der Waals surface area contributed by atoms with Gasteiger partial charge in [0.25, 0.3) is 0 Å². The summed E-state index contributed by atoms with van der Waals surface area (Å²) in [5, 5.41) is 9.10. The topological polar surface area (TPSA) is 24.9 Å². The van der Waals surface area contributed by atoms with Crippen LogP contribution in [0.2, 0.25) is 0 Å². The van der Waals surface area contributed by atoms with E-state index in [-0.39, 0.29) is 5.41 Å². The van der Waals surface area contributed by atoms with Crippen molar-refractivity contribution in [1.82, 2.24) is 10.3 Å². The Labute approximate surface area is 146 Å². The highest BCUT2D eigenvalue weighted by Crippen LogP contribution is 2.26. The molecule has 1 aromatic carbocycles. The normalized spacial score (nSPS) is 11.8. The molecule has 3 aromatic rings. The molecule has 3 rings (SSSR count). The van der Waals surface area contributed by atoms with E-state index in [1.807, 2.05) is 11.3 Å².